The van der Waals surface area contributed by atoms with Crippen molar-refractivity contribution in [1.82, 2.24) is 24.2 Å². The highest BCUT2D eigenvalue weighted by Crippen LogP contribution is 2.24. The van der Waals surface area contributed by atoms with Crippen LogP contribution in [0.5, 0.6) is 0 Å². The van der Waals surface area contributed by atoms with Crippen LogP contribution in [-0.4, -0.2) is 82.5 Å². The van der Waals surface area contributed by atoms with Crippen LogP contribution >= 0.6 is 0 Å². The Balaban J connectivity index is 1.55. The third-order valence-electron chi connectivity index (χ3n) is 7.15. The lowest BCUT2D eigenvalue weighted by Gasteiger charge is -2.35. The lowest BCUT2D eigenvalue weighted by atomic mass is 10.0. The summed E-state index contributed by atoms with van der Waals surface area (Å²) in [5.74, 6) is -0.293. The van der Waals surface area contributed by atoms with E-state index >= 15 is 0 Å². The molecule has 0 saturated carbocycles. The highest BCUT2D eigenvalue weighted by Gasteiger charge is 2.31. The molecule has 0 unspecified atom stereocenters. The van der Waals surface area contributed by atoms with Crippen LogP contribution in [0.15, 0.2) is 65.7 Å². The van der Waals surface area contributed by atoms with Gasteiger partial charge in [-0.1, -0.05) is 54.6 Å². The molecule has 0 saturated heterocycles. The molecule has 1 N–H and O–H groups in total. The second kappa shape index (κ2) is 12.8. The minimum absolute atomic E-state index is 0.0683. The largest absolute Gasteiger partial charge is 0.394 e. The van der Waals surface area contributed by atoms with Gasteiger partial charge in [-0.15, -0.1) is 5.10 Å². The van der Waals surface area contributed by atoms with Crippen molar-refractivity contribution in [3.63, 3.8) is 0 Å². The van der Waals surface area contributed by atoms with Gasteiger partial charge in [-0.05, 0) is 36.6 Å². The van der Waals surface area contributed by atoms with Crippen molar-refractivity contribution in [2.45, 2.75) is 56.9 Å². The first-order chi connectivity index (χ1) is 18.7. The number of carbonyl (C=O) groups is 1. The molecule has 10 nitrogen and oxygen atoms in total. The van der Waals surface area contributed by atoms with E-state index in [1.165, 1.54) is 11.4 Å². The Hall–Kier alpha value is -3.12. The number of benzene rings is 2. The molecule has 4 rings (SSSR count). The minimum atomic E-state index is -3.81. The summed E-state index contributed by atoms with van der Waals surface area (Å²) < 4.78 is 36.2. The van der Waals surface area contributed by atoms with Crippen molar-refractivity contribution >= 4 is 15.9 Å². The highest BCUT2D eigenvalue weighted by atomic mass is 32.2. The van der Waals surface area contributed by atoms with Gasteiger partial charge in [0.1, 0.15) is 5.69 Å². The molecule has 3 aromatic rings. The van der Waals surface area contributed by atoms with Crippen molar-refractivity contribution in [1.29, 1.82) is 0 Å². The number of hydrogen-bond acceptors (Lipinski definition) is 7. The summed E-state index contributed by atoms with van der Waals surface area (Å²) in [5, 5.41) is 18.1. The summed E-state index contributed by atoms with van der Waals surface area (Å²) in [4.78, 5) is 14.9. The van der Waals surface area contributed by atoms with Crippen LogP contribution in [0.3, 0.4) is 0 Å². The van der Waals surface area contributed by atoms with Gasteiger partial charge in [0, 0.05) is 39.0 Å². The molecule has 0 spiro atoms. The Labute approximate surface area is 230 Å². The van der Waals surface area contributed by atoms with Crippen LogP contribution in [0.2, 0.25) is 0 Å². The topological polar surface area (TPSA) is 118 Å². The van der Waals surface area contributed by atoms with Crippen LogP contribution in [-0.2, 0) is 32.7 Å². The smallest absolute Gasteiger partial charge is 0.242 e. The quantitative estimate of drug-likeness (QED) is 0.476. The number of rotatable bonds is 7. The van der Waals surface area contributed by atoms with E-state index in [1.54, 1.807) is 47.0 Å². The second-order valence-electron chi connectivity index (χ2n) is 10.2. The van der Waals surface area contributed by atoms with E-state index in [0.717, 1.165) is 11.1 Å². The zero-order chi connectivity index (χ0) is 28.0. The molecular formula is C28H37N5O5S. The fraction of sp³-hybridized carbons (Fsp3) is 0.464. The van der Waals surface area contributed by atoms with Crippen molar-refractivity contribution in [2.24, 2.45) is 5.92 Å². The average molecular weight is 556 g/mol. The fourth-order valence-electron chi connectivity index (χ4n) is 4.67. The zero-order valence-corrected chi connectivity index (χ0v) is 23.5. The molecule has 1 amide bonds. The predicted molar refractivity (Wildman–Crippen MR) is 147 cm³/mol. The van der Waals surface area contributed by atoms with Gasteiger partial charge in [-0.2, -0.15) is 4.31 Å². The van der Waals surface area contributed by atoms with Gasteiger partial charge >= 0.3 is 0 Å². The number of aliphatic hydroxyl groups excluding tert-OH is 1. The van der Waals surface area contributed by atoms with E-state index < -0.39 is 16.1 Å². The number of nitrogens with zero attached hydrogens (tertiary/aromatic N) is 5. The van der Waals surface area contributed by atoms with E-state index in [0.29, 0.717) is 31.6 Å². The van der Waals surface area contributed by atoms with Gasteiger partial charge in [0.25, 0.3) is 0 Å². The van der Waals surface area contributed by atoms with Gasteiger partial charge in [0.15, 0.2) is 0 Å². The first kappa shape index (κ1) is 28.9. The molecular weight excluding hydrogens is 518 g/mol. The monoisotopic (exact) mass is 555 g/mol. The maximum absolute atomic E-state index is 13.5. The summed E-state index contributed by atoms with van der Waals surface area (Å²) in [6.07, 6.45) is 2.15. The Kier molecular flexibility index (Phi) is 9.49. The molecule has 1 aliphatic heterocycles. The zero-order valence-electron chi connectivity index (χ0n) is 22.7. The van der Waals surface area contributed by atoms with Gasteiger partial charge in [-0.25, -0.2) is 8.42 Å². The lowest BCUT2D eigenvalue weighted by Crippen LogP contribution is -2.47. The van der Waals surface area contributed by atoms with Gasteiger partial charge < -0.3 is 14.7 Å². The molecule has 2 heterocycles. The van der Waals surface area contributed by atoms with Gasteiger partial charge in [0.2, 0.25) is 15.9 Å². The third-order valence-corrected chi connectivity index (χ3v) is 8.99. The maximum atomic E-state index is 13.5. The summed E-state index contributed by atoms with van der Waals surface area (Å²) in [6, 6.07) is 16.2. The summed E-state index contributed by atoms with van der Waals surface area (Å²) in [6.45, 7) is 4.69. The SMILES string of the molecule is C[C@@H]1CN([C@H](C)CO)C(=O)CCCn2cc(nn2)CO[C@H]1CN(C)S(=O)(=O)c1ccc(-c2ccccc2)cc1. The Morgan fingerprint density at radius 1 is 1.13 bits per heavy atom. The van der Waals surface area contributed by atoms with Crippen molar-refractivity contribution in [3.8, 4) is 11.1 Å². The number of amides is 1. The van der Waals surface area contributed by atoms with Crippen molar-refractivity contribution in [3.05, 3.63) is 66.5 Å². The van der Waals surface area contributed by atoms with Crippen molar-refractivity contribution in [2.75, 3.05) is 26.7 Å². The molecule has 39 heavy (non-hydrogen) atoms. The van der Waals surface area contributed by atoms with Crippen LogP contribution in [0.1, 0.15) is 32.4 Å². The van der Waals surface area contributed by atoms with Crippen LogP contribution in [0.25, 0.3) is 11.1 Å². The molecule has 1 aliphatic rings. The first-order valence-electron chi connectivity index (χ1n) is 13.2. The van der Waals surface area contributed by atoms with E-state index in [-0.39, 0.29) is 42.5 Å². The molecule has 3 atom stereocenters. The number of hydrogen-bond donors (Lipinski definition) is 1. The first-order valence-corrected chi connectivity index (χ1v) is 14.7. The van der Waals surface area contributed by atoms with E-state index in [1.807, 2.05) is 37.3 Å². The second-order valence-corrected chi connectivity index (χ2v) is 12.2. The fourth-order valence-corrected chi connectivity index (χ4v) is 5.86. The third kappa shape index (κ3) is 7.10. The normalized spacial score (nSPS) is 20.2. The number of fused-ring (bicyclic) bond motifs is 2. The highest BCUT2D eigenvalue weighted by molar-refractivity contribution is 7.89. The summed E-state index contributed by atoms with van der Waals surface area (Å²) in [7, 11) is -2.27. The van der Waals surface area contributed by atoms with Gasteiger partial charge in [-0.3, -0.25) is 9.48 Å². The number of ether oxygens (including phenoxy) is 1. The van der Waals surface area contributed by atoms with E-state index in [2.05, 4.69) is 10.3 Å². The molecule has 0 radical (unpaired) electrons. The molecule has 210 valence electrons. The van der Waals surface area contributed by atoms with E-state index in [4.69, 9.17) is 4.74 Å². The Bertz CT molecular complexity index is 1330. The molecule has 11 heteroatoms. The lowest BCUT2D eigenvalue weighted by molar-refractivity contribution is -0.136. The number of sulfonamides is 1. The van der Waals surface area contributed by atoms with Crippen LogP contribution in [0.4, 0.5) is 0 Å². The predicted octanol–water partition coefficient (Wildman–Crippen LogP) is 2.79. The molecule has 0 fully saturated rings. The Morgan fingerprint density at radius 2 is 1.82 bits per heavy atom. The number of aliphatic hydroxyl groups is 1. The number of likely N-dealkylation sites (N-methyl/N-ethyl adjacent to an activating group) is 1. The molecule has 1 aromatic heterocycles. The van der Waals surface area contributed by atoms with Crippen LogP contribution in [0, 0.1) is 5.92 Å². The van der Waals surface area contributed by atoms with E-state index in [9.17, 15) is 18.3 Å². The summed E-state index contributed by atoms with van der Waals surface area (Å²) in [5.41, 5.74) is 2.58. The summed E-state index contributed by atoms with van der Waals surface area (Å²) >= 11 is 0. The molecule has 2 bridgehead atoms. The number of aromatic nitrogens is 3. The van der Waals surface area contributed by atoms with Gasteiger partial charge in [0.05, 0.1) is 36.5 Å². The van der Waals surface area contributed by atoms with Crippen molar-refractivity contribution < 1.29 is 23.1 Å². The minimum Gasteiger partial charge on any atom is -0.394 e. The Morgan fingerprint density at radius 3 is 2.51 bits per heavy atom. The number of aryl methyl sites for hydroxylation is 1. The number of carbonyl (C=O) groups excluding carboxylic acids is 1. The average Bonchev–Trinajstić information content (AvgIpc) is 3.41. The maximum Gasteiger partial charge on any atom is 0.242 e. The standard InChI is InChI=1S/C28H37N5O5S/c1-21-16-33(22(2)19-34)28(35)10-7-15-32-17-25(29-30-32)20-38-27(21)18-31(3)39(36,37)26-13-11-24(12-14-26)23-8-5-4-6-9-23/h4-6,8-9,11-14,17,21-22,27,34H,7,10,15-16,18-20H2,1-3H3/t21-,22-,27+/m1/s1. The molecule has 0 aliphatic carbocycles. The molecule has 2 aromatic carbocycles. The van der Waals surface area contributed by atoms with Crippen LogP contribution < -0.4 is 0 Å².